The number of hydrogen-bond acceptors (Lipinski definition) is 5. The highest BCUT2D eigenvalue weighted by atomic mass is 16.1. The maximum Gasteiger partial charge on any atom is 0.221 e. The van der Waals surface area contributed by atoms with Crippen molar-refractivity contribution in [2.45, 2.75) is 89.1 Å². The average Bonchev–Trinajstić information content (AvgIpc) is 3.28. The van der Waals surface area contributed by atoms with Gasteiger partial charge in [0.15, 0.2) is 0 Å². The van der Waals surface area contributed by atoms with Crippen molar-refractivity contribution in [2.24, 2.45) is 23.7 Å². The van der Waals surface area contributed by atoms with Crippen LogP contribution in [0.2, 0.25) is 0 Å². The van der Waals surface area contributed by atoms with Gasteiger partial charge in [0, 0.05) is 45.2 Å². The van der Waals surface area contributed by atoms with Gasteiger partial charge in [-0.15, -0.1) is 0 Å². The van der Waals surface area contributed by atoms with Crippen molar-refractivity contribution in [1.82, 2.24) is 26.4 Å². The molecule has 4 aliphatic rings. The lowest BCUT2D eigenvalue weighted by atomic mass is 9.67. The summed E-state index contributed by atoms with van der Waals surface area (Å²) in [6.45, 7) is 5.61. The van der Waals surface area contributed by atoms with Gasteiger partial charge in [-0.3, -0.25) is 10.2 Å². The van der Waals surface area contributed by atoms with Gasteiger partial charge in [0.05, 0.1) is 0 Å². The highest BCUT2D eigenvalue weighted by Crippen LogP contribution is 2.42. The van der Waals surface area contributed by atoms with Crippen LogP contribution in [0.4, 0.5) is 0 Å². The van der Waals surface area contributed by atoms with Crippen LogP contribution in [0.15, 0.2) is 0 Å². The van der Waals surface area contributed by atoms with Gasteiger partial charge in [0.1, 0.15) is 0 Å². The van der Waals surface area contributed by atoms with E-state index in [9.17, 15) is 4.79 Å². The summed E-state index contributed by atoms with van der Waals surface area (Å²) in [5.41, 5.74) is 3.95. The zero-order valence-electron chi connectivity index (χ0n) is 19.8. The number of nitrogens with one attached hydrogen (secondary N) is 4. The first-order chi connectivity index (χ1) is 15.2. The van der Waals surface area contributed by atoms with Gasteiger partial charge in [-0.2, -0.15) is 0 Å². The topological polar surface area (TPSA) is 68.4 Å². The van der Waals surface area contributed by atoms with E-state index in [0.29, 0.717) is 18.5 Å². The first-order valence-electron chi connectivity index (χ1n) is 13.4. The predicted molar refractivity (Wildman–Crippen MR) is 127 cm³/mol. The Morgan fingerprint density at radius 3 is 2.58 bits per heavy atom. The van der Waals surface area contributed by atoms with E-state index in [-0.39, 0.29) is 5.91 Å². The Bertz CT molecular complexity index is 546. The molecule has 2 aliphatic heterocycles. The van der Waals surface area contributed by atoms with Crippen LogP contribution in [0.25, 0.3) is 0 Å². The van der Waals surface area contributed by atoms with Gasteiger partial charge in [0.2, 0.25) is 5.91 Å². The molecule has 1 amide bonds. The highest BCUT2D eigenvalue weighted by Gasteiger charge is 2.39. The summed E-state index contributed by atoms with van der Waals surface area (Å²) in [6, 6.07) is 1.22. The number of hydrazine groups is 1. The second-order valence-electron chi connectivity index (χ2n) is 10.9. The van der Waals surface area contributed by atoms with Crippen LogP contribution in [-0.2, 0) is 4.79 Å². The van der Waals surface area contributed by atoms with Crippen LogP contribution < -0.4 is 21.4 Å². The van der Waals surface area contributed by atoms with Gasteiger partial charge in [0.25, 0.3) is 0 Å². The van der Waals surface area contributed by atoms with Crippen molar-refractivity contribution < 1.29 is 4.79 Å². The molecular formula is C25H47N5O. The summed E-state index contributed by atoms with van der Waals surface area (Å²) in [4.78, 5) is 11.7. The molecule has 31 heavy (non-hydrogen) atoms. The summed E-state index contributed by atoms with van der Waals surface area (Å²) >= 11 is 0. The van der Waals surface area contributed by atoms with E-state index in [2.05, 4.69) is 26.4 Å². The van der Waals surface area contributed by atoms with Crippen LogP contribution in [0.3, 0.4) is 0 Å². The fourth-order valence-corrected chi connectivity index (χ4v) is 6.94. The van der Waals surface area contributed by atoms with E-state index in [1.165, 1.54) is 96.8 Å². The van der Waals surface area contributed by atoms with E-state index >= 15 is 0 Å². The standard InChI is InChI=1S/C25H47N5O/c1-26-25(31)9-12-28-23-15-21(20-7-3-2-4-8-20)14-22(16-23)24-10-13-30(29-24)18-19-6-5-11-27-17-19/h19-24,27-29H,2-18H2,1H3,(H,26,31). The van der Waals surface area contributed by atoms with Gasteiger partial charge in [-0.1, -0.05) is 32.1 Å². The molecule has 178 valence electrons. The molecule has 2 aliphatic carbocycles. The lowest BCUT2D eigenvalue weighted by Crippen LogP contribution is -2.48. The molecular weight excluding hydrogens is 386 g/mol. The second-order valence-corrected chi connectivity index (χ2v) is 10.9. The number of piperidine rings is 1. The van der Waals surface area contributed by atoms with Crippen molar-refractivity contribution in [1.29, 1.82) is 0 Å². The third-order valence-electron chi connectivity index (χ3n) is 8.67. The van der Waals surface area contributed by atoms with Crippen molar-refractivity contribution in [3.8, 4) is 0 Å². The SMILES string of the molecule is CNC(=O)CCNC1CC(C2CCCCC2)CC(C2CCN(CC3CCCNC3)N2)C1. The zero-order chi connectivity index (χ0) is 21.5. The van der Waals surface area contributed by atoms with Crippen LogP contribution in [0, 0.1) is 23.7 Å². The Balaban J connectivity index is 1.31. The molecule has 2 saturated heterocycles. The maximum absolute atomic E-state index is 11.7. The molecule has 5 unspecified atom stereocenters. The molecule has 0 aromatic carbocycles. The Hall–Kier alpha value is -0.690. The quantitative estimate of drug-likeness (QED) is 0.474. The molecule has 4 rings (SSSR count). The predicted octanol–water partition coefficient (Wildman–Crippen LogP) is 2.66. The van der Waals surface area contributed by atoms with Crippen molar-refractivity contribution in [2.75, 3.05) is 39.8 Å². The first kappa shape index (κ1) is 23.5. The highest BCUT2D eigenvalue weighted by molar-refractivity contribution is 5.75. The number of carbonyl (C=O) groups excluding carboxylic acids is 1. The lowest BCUT2D eigenvalue weighted by molar-refractivity contribution is -0.120. The third-order valence-corrected chi connectivity index (χ3v) is 8.67. The van der Waals surface area contributed by atoms with E-state index < -0.39 is 0 Å². The number of carbonyl (C=O) groups is 1. The molecule has 2 saturated carbocycles. The van der Waals surface area contributed by atoms with E-state index in [4.69, 9.17) is 0 Å². The zero-order valence-corrected chi connectivity index (χ0v) is 19.8. The van der Waals surface area contributed by atoms with Crippen LogP contribution in [0.5, 0.6) is 0 Å². The van der Waals surface area contributed by atoms with Crippen molar-refractivity contribution >= 4 is 5.91 Å². The summed E-state index contributed by atoms with van der Waals surface area (Å²) in [5, 5.41) is 12.6. The van der Waals surface area contributed by atoms with E-state index in [1.807, 2.05) is 0 Å². The van der Waals surface area contributed by atoms with Gasteiger partial charge < -0.3 is 16.0 Å². The third kappa shape index (κ3) is 6.89. The summed E-state index contributed by atoms with van der Waals surface area (Å²) in [5.74, 6) is 3.53. The Morgan fingerprint density at radius 1 is 0.968 bits per heavy atom. The fraction of sp³-hybridized carbons (Fsp3) is 0.960. The number of hydrogen-bond donors (Lipinski definition) is 4. The molecule has 5 atom stereocenters. The van der Waals surface area contributed by atoms with Crippen molar-refractivity contribution in [3.63, 3.8) is 0 Å². The van der Waals surface area contributed by atoms with Crippen molar-refractivity contribution in [3.05, 3.63) is 0 Å². The Kier molecular flexibility index (Phi) is 9.06. The van der Waals surface area contributed by atoms with Gasteiger partial charge >= 0.3 is 0 Å². The Labute approximate surface area is 190 Å². The minimum absolute atomic E-state index is 0.147. The minimum atomic E-state index is 0.147. The number of nitrogens with zero attached hydrogens (tertiary/aromatic N) is 1. The molecule has 2 heterocycles. The summed E-state index contributed by atoms with van der Waals surface area (Å²) < 4.78 is 0. The van der Waals surface area contributed by atoms with E-state index in [1.54, 1.807) is 7.05 Å². The van der Waals surface area contributed by atoms with Crippen LogP contribution in [0.1, 0.15) is 77.0 Å². The lowest BCUT2D eigenvalue weighted by Gasteiger charge is -2.42. The van der Waals surface area contributed by atoms with Gasteiger partial charge in [-0.05, 0) is 75.3 Å². The first-order valence-corrected chi connectivity index (χ1v) is 13.4. The molecule has 6 heteroatoms. The Morgan fingerprint density at radius 2 is 1.81 bits per heavy atom. The number of rotatable bonds is 8. The largest absolute Gasteiger partial charge is 0.359 e. The van der Waals surface area contributed by atoms with E-state index in [0.717, 1.165) is 30.2 Å². The average molecular weight is 434 g/mol. The fourth-order valence-electron chi connectivity index (χ4n) is 6.94. The molecule has 0 bridgehead atoms. The molecule has 4 fully saturated rings. The minimum Gasteiger partial charge on any atom is -0.359 e. The normalized spacial score (nSPS) is 35.8. The molecule has 0 aromatic rings. The summed E-state index contributed by atoms with van der Waals surface area (Å²) in [7, 11) is 1.74. The monoisotopic (exact) mass is 433 g/mol. The molecule has 0 aromatic heterocycles. The molecule has 0 radical (unpaired) electrons. The molecule has 0 spiro atoms. The van der Waals surface area contributed by atoms with Gasteiger partial charge in [-0.25, -0.2) is 5.01 Å². The number of amides is 1. The maximum atomic E-state index is 11.7. The molecule has 4 N–H and O–H groups in total. The van der Waals surface area contributed by atoms with Crippen LogP contribution in [-0.4, -0.2) is 62.8 Å². The second kappa shape index (κ2) is 12.0. The summed E-state index contributed by atoms with van der Waals surface area (Å²) in [6.07, 6.45) is 15.8. The molecule has 6 nitrogen and oxygen atoms in total. The smallest absolute Gasteiger partial charge is 0.221 e. The van der Waals surface area contributed by atoms with Crippen LogP contribution >= 0.6 is 0 Å².